The van der Waals surface area contributed by atoms with Gasteiger partial charge in [-0.15, -0.1) is 0 Å². The largest absolute Gasteiger partial charge is 0.490 e. The SMILES string of the molecule is CCNC(=NCCS(=O)(=O)NCc1ccccc1)N1CCC(Oc2ccccc2)CC1. The number of likely N-dealkylation sites (tertiary alicyclic amines) is 1. The van der Waals surface area contributed by atoms with Crippen molar-refractivity contribution in [2.24, 2.45) is 4.99 Å². The molecule has 2 aromatic rings. The van der Waals surface area contributed by atoms with Gasteiger partial charge < -0.3 is 15.0 Å². The van der Waals surface area contributed by atoms with E-state index in [9.17, 15) is 8.42 Å². The van der Waals surface area contributed by atoms with Crippen LogP contribution in [0.3, 0.4) is 0 Å². The van der Waals surface area contributed by atoms with Gasteiger partial charge >= 0.3 is 0 Å². The van der Waals surface area contributed by atoms with E-state index in [1.54, 1.807) is 0 Å². The summed E-state index contributed by atoms with van der Waals surface area (Å²) in [6.45, 7) is 4.90. The van der Waals surface area contributed by atoms with Crippen molar-refractivity contribution >= 4 is 16.0 Å². The maximum atomic E-state index is 12.3. The van der Waals surface area contributed by atoms with E-state index in [0.29, 0.717) is 6.54 Å². The second-order valence-corrected chi connectivity index (χ2v) is 9.40. The maximum Gasteiger partial charge on any atom is 0.213 e. The smallest absolute Gasteiger partial charge is 0.213 e. The number of sulfonamides is 1. The molecule has 3 rings (SSSR count). The summed E-state index contributed by atoms with van der Waals surface area (Å²) in [6.07, 6.45) is 1.98. The quantitative estimate of drug-likeness (QED) is 0.459. The third kappa shape index (κ3) is 7.88. The lowest BCUT2D eigenvalue weighted by atomic mass is 10.1. The fourth-order valence-electron chi connectivity index (χ4n) is 3.44. The highest BCUT2D eigenvalue weighted by Gasteiger charge is 2.23. The minimum Gasteiger partial charge on any atom is -0.490 e. The fourth-order valence-corrected chi connectivity index (χ4v) is 4.30. The number of rotatable bonds is 9. The molecular formula is C23H32N4O3S. The van der Waals surface area contributed by atoms with Crippen molar-refractivity contribution in [1.82, 2.24) is 14.9 Å². The first-order valence-electron chi connectivity index (χ1n) is 10.8. The molecule has 1 aliphatic heterocycles. The third-order valence-corrected chi connectivity index (χ3v) is 6.39. The molecule has 168 valence electrons. The average molecular weight is 445 g/mol. The molecule has 0 spiro atoms. The summed E-state index contributed by atoms with van der Waals surface area (Å²) < 4.78 is 33.3. The van der Waals surface area contributed by atoms with Crippen LogP contribution in [0.15, 0.2) is 65.7 Å². The van der Waals surface area contributed by atoms with Gasteiger partial charge in [-0.1, -0.05) is 48.5 Å². The predicted molar refractivity (Wildman–Crippen MR) is 125 cm³/mol. The van der Waals surface area contributed by atoms with Crippen LogP contribution in [0.2, 0.25) is 0 Å². The van der Waals surface area contributed by atoms with E-state index in [1.165, 1.54) is 0 Å². The molecule has 31 heavy (non-hydrogen) atoms. The number of aliphatic imine (C=N–C) groups is 1. The highest BCUT2D eigenvalue weighted by Crippen LogP contribution is 2.18. The number of hydrogen-bond acceptors (Lipinski definition) is 4. The van der Waals surface area contributed by atoms with Crippen molar-refractivity contribution in [3.63, 3.8) is 0 Å². The number of hydrogen-bond donors (Lipinski definition) is 2. The number of benzene rings is 2. The lowest BCUT2D eigenvalue weighted by molar-refractivity contribution is 0.129. The van der Waals surface area contributed by atoms with Crippen LogP contribution in [-0.4, -0.2) is 57.3 Å². The Bertz CT molecular complexity index is 912. The molecule has 0 saturated carbocycles. The van der Waals surface area contributed by atoms with Gasteiger partial charge in [-0.2, -0.15) is 0 Å². The molecule has 7 nitrogen and oxygen atoms in total. The van der Waals surface area contributed by atoms with Crippen molar-refractivity contribution < 1.29 is 13.2 Å². The molecule has 1 heterocycles. The van der Waals surface area contributed by atoms with Crippen molar-refractivity contribution in [3.8, 4) is 5.75 Å². The van der Waals surface area contributed by atoms with Crippen LogP contribution in [-0.2, 0) is 16.6 Å². The summed E-state index contributed by atoms with van der Waals surface area (Å²) in [6, 6.07) is 19.4. The normalized spacial score (nSPS) is 15.6. The van der Waals surface area contributed by atoms with Gasteiger partial charge in [-0.25, -0.2) is 13.1 Å². The molecule has 2 aromatic carbocycles. The molecule has 0 bridgehead atoms. The zero-order valence-electron chi connectivity index (χ0n) is 18.0. The van der Waals surface area contributed by atoms with E-state index in [1.807, 2.05) is 67.6 Å². The zero-order chi connectivity index (χ0) is 21.9. The van der Waals surface area contributed by atoms with Crippen molar-refractivity contribution in [2.75, 3.05) is 31.9 Å². The van der Waals surface area contributed by atoms with E-state index in [-0.39, 0.29) is 18.4 Å². The molecule has 8 heteroatoms. The van der Waals surface area contributed by atoms with E-state index >= 15 is 0 Å². The summed E-state index contributed by atoms with van der Waals surface area (Å²) in [5, 5.41) is 3.28. The molecular weight excluding hydrogens is 412 g/mol. The van der Waals surface area contributed by atoms with Gasteiger partial charge in [0.15, 0.2) is 5.96 Å². The Kier molecular flexibility index (Phi) is 8.73. The number of nitrogens with zero attached hydrogens (tertiary/aromatic N) is 2. The van der Waals surface area contributed by atoms with E-state index in [2.05, 4.69) is 19.9 Å². The third-order valence-electron chi connectivity index (χ3n) is 5.08. The summed E-state index contributed by atoms with van der Waals surface area (Å²) in [4.78, 5) is 6.74. The Morgan fingerprint density at radius 1 is 1.06 bits per heavy atom. The van der Waals surface area contributed by atoms with Gasteiger partial charge in [0, 0.05) is 39.0 Å². The molecule has 0 radical (unpaired) electrons. The molecule has 1 aliphatic rings. The predicted octanol–water partition coefficient (Wildman–Crippen LogP) is 2.61. The van der Waals surface area contributed by atoms with Crippen LogP contribution in [0.1, 0.15) is 25.3 Å². The Balaban J connectivity index is 1.47. The highest BCUT2D eigenvalue weighted by molar-refractivity contribution is 7.89. The monoisotopic (exact) mass is 444 g/mol. The Labute approximate surface area is 185 Å². The maximum absolute atomic E-state index is 12.3. The minimum atomic E-state index is -3.39. The van der Waals surface area contributed by atoms with Crippen molar-refractivity contribution in [1.29, 1.82) is 0 Å². The number of para-hydroxylation sites is 1. The lowest BCUT2D eigenvalue weighted by Crippen LogP contribution is -2.47. The molecule has 0 unspecified atom stereocenters. The summed E-state index contributed by atoms with van der Waals surface area (Å²) in [7, 11) is -3.39. The average Bonchev–Trinajstić information content (AvgIpc) is 2.79. The fraction of sp³-hybridized carbons (Fsp3) is 0.435. The molecule has 0 aliphatic carbocycles. The van der Waals surface area contributed by atoms with Crippen molar-refractivity contribution in [3.05, 3.63) is 66.2 Å². The Morgan fingerprint density at radius 2 is 1.71 bits per heavy atom. The summed E-state index contributed by atoms with van der Waals surface area (Å²) in [5.74, 6) is 1.62. The van der Waals surface area contributed by atoms with Crippen LogP contribution in [0.5, 0.6) is 5.75 Å². The number of ether oxygens (including phenoxy) is 1. The second-order valence-electron chi connectivity index (χ2n) is 7.48. The molecule has 1 saturated heterocycles. The Morgan fingerprint density at radius 3 is 2.35 bits per heavy atom. The number of nitrogens with one attached hydrogen (secondary N) is 2. The topological polar surface area (TPSA) is 83.0 Å². The van der Waals surface area contributed by atoms with Crippen molar-refractivity contribution in [2.45, 2.75) is 32.4 Å². The Hall–Kier alpha value is -2.58. The minimum absolute atomic E-state index is 0.0394. The highest BCUT2D eigenvalue weighted by atomic mass is 32.2. The van der Waals surface area contributed by atoms with Gasteiger partial charge in [-0.05, 0) is 24.6 Å². The van der Waals surface area contributed by atoms with Crippen LogP contribution >= 0.6 is 0 Å². The van der Waals surface area contributed by atoms with Gasteiger partial charge in [0.2, 0.25) is 10.0 Å². The first-order valence-corrected chi connectivity index (χ1v) is 12.5. The van der Waals surface area contributed by atoms with Gasteiger partial charge in [0.1, 0.15) is 11.9 Å². The van der Waals surface area contributed by atoms with Crippen LogP contribution in [0.4, 0.5) is 0 Å². The van der Waals surface area contributed by atoms with Crippen LogP contribution in [0.25, 0.3) is 0 Å². The molecule has 0 amide bonds. The number of piperidine rings is 1. The second kappa shape index (κ2) is 11.7. The van der Waals surface area contributed by atoms with Gasteiger partial charge in [0.25, 0.3) is 0 Å². The zero-order valence-corrected chi connectivity index (χ0v) is 18.9. The van der Waals surface area contributed by atoms with Crippen LogP contribution < -0.4 is 14.8 Å². The standard InChI is InChI=1S/C23H32N4O3S/c1-2-24-23(25-15-18-31(28,29)26-19-20-9-5-3-6-10-20)27-16-13-22(14-17-27)30-21-11-7-4-8-12-21/h3-12,22,26H,2,13-19H2,1H3,(H,24,25). The van der Waals surface area contributed by atoms with E-state index in [4.69, 9.17) is 4.74 Å². The first-order chi connectivity index (χ1) is 15.1. The molecule has 0 aromatic heterocycles. The molecule has 0 atom stereocenters. The summed E-state index contributed by atoms with van der Waals surface area (Å²) in [5.41, 5.74) is 0.934. The molecule has 1 fully saturated rings. The lowest BCUT2D eigenvalue weighted by Gasteiger charge is -2.34. The number of guanidine groups is 1. The van der Waals surface area contributed by atoms with Gasteiger partial charge in [-0.3, -0.25) is 4.99 Å². The molecule has 2 N–H and O–H groups in total. The first kappa shape index (κ1) is 23.1. The van der Waals surface area contributed by atoms with E-state index in [0.717, 1.165) is 49.7 Å². The van der Waals surface area contributed by atoms with Gasteiger partial charge in [0.05, 0.1) is 12.3 Å². The summed E-state index contributed by atoms with van der Waals surface area (Å²) >= 11 is 0. The van der Waals surface area contributed by atoms with Crippen LogP contribution in [0, 0.1) is 0 Å². The van der Waals surface area contributed by atoms with E-state index < -0.39 is 10.0 Å².